The number of hydrogen-bond donors (Lipinski definition) is 3. The molecule has 5 nitrogen and oxygen atoms in total. The van der Waals surface area contributed by atoms with Gasteiger partial charge in [0.15, 0.2) is 0 Å². The number of amides is 1. The van der Waals surface area contributed by atoms with Crippen molar-refractivity contribution in [3.05, 3.63) is 40.5 Å². The number of aromatic nitrogens is 2. The molecule has 0 aliphatic carbocycles. The van der Waals surface area contributed by atoms with Crippen molar-refractivity contribution in [3.63, 3.8) is 0 Å². The van der Waals surface area contributed by atoms with Crippen molar-refractivity contribution in [2.24, 2.45) is 5.84 Å². The molecule has 1 heterocycles. The Hall–Kier alpha value is -1.85. The molecule has 4 N–H and O–H groups in total. The van der Waals surface area contributed by atoms with Crippen LogP contribution in [0.4, 0.5) is 0 Å². The van der Waals surface area contributed by atoms with Crippen LogP contribution < -0.4 is 11.3 Å². The molecule has 0 aliphatic heterocycles. The number of nitrogens with one attached hydrogen (secondary N) is 2. The van der Waals surface area contributed by atoms with Gasteiger partial charge < -0.3 is 0 Å². The standard InChI is InChI=1S/C11H11ClN4O/c1-6-4-10(16-15-6)7-2-3-9(12)8(5-7)11(17)14-13/h2-5H,13H2,1H3,(H,14,17)(H,15,16). The van der Waals surface area contributed by atoms with Gasteiger partial charge in [0.2, 0.25) is 0 Å². The van der Waals surface area contributed by atoms with Crippen LogP contribution in [0, 0.1) is 6.92 Å². The van der Waals surface area contributed by atoms with Crippen LogP contribution in [0.5, 0.6) is 0 Å². The first kappa shape index (κ1) is 11.6. The van der Waals surface area contributed by atoms with E-state index in [1.807, 2.05) is 13.0 Å². The molecule has 0 saturated heterocycles. The van der Waals surface area contributed by atoms with E-state index in [2.05, 4.69) is 15.6 Å². The maximum absolute atomic E-state index is 11.5. The number of rotatable bonds is 2. The summed E-state index contributed by atoms with van der Waals surface area (Å²) in [5.41, 5.74) is 4.88. The number of nitrogens with zero attached hydrogens (tertiary/aromatic N) is 1. The molecule has 88 valence electrons. The highest BCUT2D eigenvalue weighted by molar-refractivity contribution is 6.34. The Balaban J connectivity index is 2.47. The van der Waals surface area contributed by atoms with E-state index < -0.39 is 5.91 Å². The van der Waals surface area contributed by atoms with Gasteiger partial charge in [-0.1, -0.05) is 17.7 Å². The predicted octanol–water partition coefficient (Wildman–Crippen LogP) is 1.64. The van der Waals surface area contributed by atoms with Crippen LogP contribution in [-0.2, 0) is 0 Å². The molecule has 0 aliphatic rings. The van der Waals surface area contributed by atoms with Crippen molar-refractivity contribution >= 4 is 17.5 Å². The first-order valence-corrected chi connectivity index (χ1v) is 5.32. The summed E-state index contributed by atoms with van der Waals surface area (Å²) in [6.07, 6.45) is 0. The van der Waals surface area contributed by atoms with E-state index >= 15 is 0 Å². The molecule has 0 spiro atoms. The number of carbonyl (C=O) groups excluding carboxylic acids is 1. The quantitative estimate of drug-likeness (QED) is 0.430. The number of hydrazine groups is 1. The molecule has 1 aromatic heterocycles. The van der Waals surface area contributed by atoms with E-state index in [0.29, 0.717) is 10.6 Å². The van der Waals surface area contributed by atoms with Gasteiger partial charge in [-0.25, -0.2) is 5.84 Å². The number of nitrogens with two attached hydrogens (primary N) is 1. The molecule has 0 atom stereocenters. The number of aryl methyl sites for hydroxylation is 1. The van der Waals surface area contributed by atoms with E-state index in [1.165, 1.54) is 0 Å². The molecule has 1 amide bonds. The summed E-state index contributed by atoms with van der Waals surface area (Å²) in [7, 11) is 0. The van der Waals surface area contributed by atoms with E-state index in [-0.39, 0.29) is 0 Å². The van der Waals surface area contributed by atoms with Gasteiger partial charge in [-0.15, -0.1) is 0 Å². The Morgan fingerprint density at radius 3 is 2.82 bits per heavy atom. The molecular weight excluding hydrogens is 240 g/mol. The smallest absolute Gasteiger partial charge is 0.266 e. The summed E-state index contributed by atoms with van der Waals surface area (Å²) in [6, 6.07) is 6.98. The Kier molecular flexibility index (Phi) is 3.12. The van der Waals surface area contributed by atoms with Gasteiger partial charge >= 0.3 is 0 Å². The SMILES string of the molecule is Cc1cc(-c2ccc(Cl)c(C(=O)NN)c2)n[nH]1. The Bertz CT molecular complexity index is 564. The highest BCUT2D eigenvalue weighted by Crippen LogP contribution is 2.24. The molecule has 1 aromatic carbocycles. The minimum Gasteiger partial charge on any atom is -0.290 e. The zero-order valence-corrected chi connectivity index (χ0v) is 9.88. The zero-order valence-electron chi connectivity index (χ0n) is 9.12. The van der Waals surface area contributed by atoms with Crippen molar-refractivity contribution in [3.8, 4) is 11.3 Å². The first-order chi connectivity index (χ1) is 8.11. The fourth-order valence-corrected chi connectivity index (χ4v) is 1.71. The van der Waals surface area contributed by atoms with Gasteiger partial charge in [0, 0.05) is 11.3 Å². The summed E-state index contributed by atoms with van der Waals surface area (Å²) >= 11 is 5.92. The van der Waals surface area contributed by atoms with Gasteiger partial charge in [0.05, 0.1) is 16.3 Å². The maximum Gasteiger partial charge on any atom is 0.266 e. The minimum atomic E-state index is -0.427. The van der Waals surface area contributed by atoms with Crippen molar-refractivity contribution in [2.75, 3.05) is 0 Å². The number of carbonyl (C=O) groups is 1. The number of nitrogen functional groups attached to an aromatic ring is 1. The summed E-state index contributed by atoms with van der Waals surface area (Å²) in [5, 5.41) is 7.30. The molecule has 0 radical (unpaired) electrons. The molecule has 0 fully saturated rings. The number of benzene rings is 1. The second kappa shape index (κ2) is 4.57. The fourth-order valence-electron chi connectivity index (χ4n) is 1.50. The normalized spacial score (nSPS) is 10.3. The average Bonchev–Trinajstić information content (AvgIpc) is 2.75. The molecule has 17 heavy (non-hydrogen) atoms. The van der Waals surface area contributed by atoms with Crippen molar-refractivity contribution in [1.29, 1.82) is 0 Å². The number of halogens is 1. The van der Waals surface area contributed by atoms with Crippen molar-refractivity contribution < 1.29 is 4.79 Å². The average molecular weight is 251 g/mol. The molecule has 0 unspecified atom stereocenters. The lowest BCUT2D eigenvalue weighted by molar-refractivity contribution is 0.0954. The largest absolute Gasteiger partial charge is 0.290 e. The third kappa shape index (κ3) is 2.30. The van der Waals surface area contributed by atoms with Crippen LogP contribution >= 0.6 is 11.6 Å². The monoisotopic (exact) mass is 250 g/mol. The van der Waals surface area contributed by atoms with E-state index in [0.717, 1.165) is 17.0 Å². The number of hydrogen-bond acceptors (Lipinski definition) is 3. The highest BCUT2D eigenvalue weighted by Gasteiger charge is 2.11. The second-order valence-corrected chi connectivity index (χ2v) is 4.01. The van der Waals surface area contributed by atoms with Crippen LogP contribution in [0.15, 0.2) is 24.3 Å². The Morgan fingerprint density at radius 2 is 2.24 bits per heavy atom. The van der Waals surface area contributed by atoms with Crippen LogP contribution in [0.1, 0.15) is 16.1 Å². The van der Waals surface area contributed by atoms with Gasteiger partial charge in [-0.05, 0) is 25.1 Å². The summed E-state index contributed by atoms with van der Waals surface area (Å²) in [5.74, 6) is 4.66. The number of aromatic amines is 1. The molecule has 2 aromatic rings. The second-order valence-electron chi connectivity index (χ2n) is 3.60. The Labute approximate surface area is 103 Å². The van der Waals surface area contributed by atoms with E-state index in [4.69, 9.17) is 17.4 Å². The van der Waals surface area contributed by atoms with Gasteiger partial charge in [-0.3, -0.25) is 15.3 Å². The summed E-state index contributed by atoms with van der Waals surface area (Å²) in [4.78, 5) is 11.5. The highest BCUT2D eigenvalue weighted by atomic mass is 35.5. The lowest BCUT2D eigenvalue weighted by Crippen LogP contribution is -2.30. The van der Waals surface area contributed by atoms with Gasteiger partial charge in [0.25, 0.3) is 5.91 Å². The predicted molar refractivity (Wildman–Crippen MR) is 65.4 cm³/mol. The van der Waals surface area contributed by atoms with E-state index in [1.54, 1.807) is 18.2 Å². The van der Waals surface area contributed by atoms with Gasteiger partial charge in [0.1, 0.15) is 0 Å². The third-order valence-corrected chi connectivity index (χ3v) is 2.67. The zero-order chi connectivity index (χ0) is 12.4. The van der Waals surface area contributed by atoms with Crippen LogP contribution in [-0.4, -0.2) is 16.1 Å². The minimum absolute atomic E-state index is 0.326. The van der Waals surface area contributed by atoms with Crippen LogP contribution in [0.3, 0.4) is 0 Å². The lowest BCUT2D eigenvalue weighted by Gasteiger charge is -2.04. The summed E-state index contributed by atoms with van der Waals surface area (Å²) < 4.78 is 0. The van der Waals surface area contributed by atoms with Crippen molar-refractivity contribution in [1.82, 2.24) is 15.6 Å². The van der Waals surface area contributed by atoms with Crippen molar-refractivity contribution in [2.45, 2.75) is 6.92 Å². The Morgan fingerprint density at radius 1 is 1.47 bits per heavy atom. The third-order valence-electron chi connectivity index (χ3n) is 2.34. The van der Waals surface area contributed by atoms with Crippen LogP contribution in [0.2, 0.25) is 5.02 Å². The van der Waals surface area contributed by atoms with E-state index in [9.17, 15) is 4.79 Å². The first-order valence-electron chi connectivity index (χ1n) is 4.94. The topological polar surface area (TPSA) is 83.8 Å². The fraction of sp³-hybridized carbons (Fsp3) is 0.0909. The molecule has 0 saturated carbocycles. The lowest BCUT2D eigenvalue weighted by atomic mass is 10.1. The van der Waals surface area contributed by atoms with Crippen LogP contribution in [0.25, 0.3) is 11.3 Å². The molecule has 0 bridgehead atoms. The number of H-pyrrole nitrogens is 1. The maximum atomic E-state index is 11.5. The summed E-state index contributed by atoms with van der Waals surface area (Å²) in [6.45, 7) is 1.90. The van der Waals surface area contributed by atoms with Gasteiger partial charge in [-0.2, -0.15) is 5.10 Å². The molecule has 2 rings (SSSR count). The molecule has 6 heteroatoms. The molecular formula is C11H11ClN4O.